The number of esters is 1. The van der Waals surface area contributed by atoms with Crippen LogP contribution >= 0.6 is 11.3 Å². The number of carbonyl (C=O) groups is 1. The molecular weight excluding hydrogens is 386 g/mol. The van der Waals surface area contributed by atoms with Gasteiger partial charge in [0, 0.05) is 11.1 Å². The first-order chi connectivity index (χ1) is 14.2. The largest absolute Gasteiger partial charge is 0.462 e. The molecule has 0 radical (unpaired) electrons. The van der Waals surface area contributed by atoms with E-state index in [4.69, 9.17) is 14.2 Å². The molecule has 0 aliphatic carbocycles. The molecule has 0 unspecified atom stereocenters. The highest BCUT2D eigenvalue weighted by Crippen LogP contribution is 2.39. The van der Waals surface area contributed by atoms with Crippen molar-refractivity contribution >= 4 is 28.5 Å². The van der Waals surface area contributed by atoms with Crippen molar-refractivity contribution in [3.63, 3.8) is 0 Å². The lowest BCUT2D eigenvalue weighted by molar-refractivity contribution is 0.0527. The Hall–Kier alpha value is -3.12. The number of hydrogen-bond acceptors (Lipinski definition) is 6. The summed E-state index contributed by atoms with van der Waals surface area (Å²) >= 11 is 1.50. The van der Waals surface area contributed by atoms with Crippen LogP contribution in [0.5, 0.6) is 11.5 Å². The predicted molar refractivity (Wildman–Crippen MR) is 114 cm³/mol. The van der Waals surface area contributed by atoms with Crippen molar-refractivity contribution in [3.8, 4) is 11.5 Å². The standard InChI is InChI=1S/C23H21NO4S/c1-3-26-23(25)21-18(11-17-9-10-19-20(12-17)28-14-27-19)15(2)29-22(21)24-13-16-7-5-4-6-8-16/h4-10,12-13H,3,11,14H2,1-2H3. The summed E-state index contributed by atoms with van der Waals surface area (Å²) in [7, 11) is 0. The number of ether oxygens (including phenoxy) is 3. The van der Waals surface area contributed by atoms with Gasteiger partial charge in [-0.05, 0) is 49.1 Å². The Kier molecular flexibility index (Phi) is 5.62. The molecule has 2 aromatic carbocycles. The molecule has 0 fully saturated rings. The maximum absolute atomic E-state index is 12.8. The van der Waals surface area contributed by atoms with E-state index in [9.17, 15) is 4.79 Å². The molecule has 3 aromatic rings. The molecule has 0 atom stereocenters. The Morgan fingerprint density at radius 1 is 1.17 bits per heavy atom. The summed E-state index contributed by atoms with van der Waals surface area (Å²) in [6.45, 7) is 4.38. The summed E-state index contributed by atoms with van der Waals surface area (Å²) < 4.78 is 16.2. The smallest absolute Gasteiger partial charge is 0.341 e. The van der Waals surface area contributed by atoms with Crippen LogP contribution in [-0.2, 0) is 11.2 Å². The van der Waals surface area contributed by atoms with Gasteiger partial charge in [0.1, 0.15) is 10.6 Å². The zero-order chi connectivity index (χ0) is 20.2. The van der Waals surface area contributed by atoms with Crippen LogP contribution in [0.2, 0.25) is 0 Å². The van der Waals surface area contributed by atoms with E-state index in [2.05, 4.69) is 4.99 Å². The molecule has 1 aliphatic heterocycles. The van der Waals surface area contributed by atoms with Gasteiger partial charge in [0.15, 0.2) is 11.5 Å². The van der Waals surface area contributed by atoms with Crippen molar-refractivity contribution in [3.05, 3.63) is 75.7 Å². The molecule has 2 heterocycles. The molecule has 148 valence electrons. The van der Waals surface area contributed by atoms with Gasteiger partial charge in [0.25, 0.3) is 0 Å². The van der Waals surface area contributed by atoms with Gasteiger partial charge in [0.05, 0.1) is 6.61 Å². The Morgan fingerprint density at radius 3 is 2.76 bits per heavy atom. The summed E-state index contributed by atoms with van der Waals surface area (Å²) in [5, 5.41) is 0.667. The Balaban J connectivity index is 1.70. The lowest BCUT2D eigenvalue weighted by atomic mass is 10.0. The molecule has 1 aliphatic rings. The second-order valence-electron chi connectivity index (χ2n) is 6.57. The molecule has 6 heteroatoms. The van der Waals surface area contributed by atoms with Crippen LogP contribution in [-0.4, -0.2) is 25.6 Å². The zero-order valence-corrected chi connectivity index (χ0v) is 17.1. The third-order valence-corrected chi connectivity index (χ3v) is 5.67. The van der Waals surface area contributed by atoms with Crippen molar-refractivity contribution in [1.82, 2.24) is 0 Å². The van der Waals surface area contributed by atoms with Crippen LogP contribution in [0.15, 0.2) is 53.5 Å². The number of nitrogens with zero attached hydrogens (tertiary/aromatic N) is 1. The first kappa shape index (κ1) is 19.2. The first-order valence-corrected chi connectivity index (χ1v) is 10.2. The predicted octanol–water partition coefficient (Wildman–Crippen LogP) is 5.30. The van der Waals surface area contributed by atoms with Crippen LogP contribution in [0, 0.1) is 6.92 Å². The summed E-state index contributed by atoms with van der Waals surface area (Å²) in [4.78, 5) is 18.4. The van der Waals surface area contributed by atoms with Gasteiger partial charge in [-0.3, -0.25) is 0 Å². The minimum absolute atomic E-state index is 0.239. The average molecular weight is 407 g/mol. The molecule has 4 rings (SSSR count). The molecule has 0 spiro atoms. The van der Waals surface area contributed by atoms with E-state index in [1.54, 1.807) is 6.21 Å². The van der Waals surface area contributed by atoms with E-state index in [0.29, 0.717) is 23.6 Å². The van der Waals surface area contributed by atoms with Crippen LogP contribution in [0.1, 0.15) is 38.8 Å². The fourth-order valence-electron chi connectivity index (χ4n) is 3.21. The van der Waals surface area contributed by atoms with Crippen LogP contribution in [0.3, 0.4) is 0 Å². The highest BCUT2D eigenvalue weighted by Gasteiger charge is 2.24. The second-order valence-corrected chi connectivity index (χ2v) is 7.77. The summed E-state index contributed by atoms with van der Waals surface area (Å²) in [5.41, 5.74) is 3.50. The fourth-order valence-corrected chi connectivity index (χ4v) is 4.21. The minimum Gasteiger partial charge on any atom is -0.462 e. The van der Waals surface area contributed by atoms with Crippen molar-refractivity contribution in [1.29, 1.82) is 0 Å². The van der Waals surface area contributed by atoms with Gasteiger partial charge < -0.3 is 14.2 Å². The Labute approximate surface area is 173 Å². The number of carbonyl (C=O) groups excluding carboxylic acids is 1. The number of aryl methyl sites for hydroxylation is 1. The van der Waals surface area contributed by atoms with E-state index in [0.717, 1.165) is 33.1 Å². The first-order valence-electron chi connectivity index (χ1n) is 9.42. The van der Waals surface area contributed by atoms with E-state index in [1.807, 2.05) is 62.4 Å². The highest BCUT2D eigenvalue weighted by atomic mass is 32.1. The van der Waals surface area contributed by atoms with Crippen LogP contribution in [0.4, 0.5) is 5.00 Å². The topological polar surface area (TPSA) is 57.1 Å². The number of rotatable bonds is 6. The molecule has 0 bridgehead atoms. The number of hydrogen-bond donors (Lipinski definition) is 0. The maximum atomic E-state index is 12.8. The molecule has 0 N–H and O–H groups in total. The zero-order valence-electron chi connectivity index (χ0n) is 16.3. The molecule has 29 heavy (non-hydrogen) atoms. The van der Waals surface area contributed by atoms with Crippen LogP contribution < -0.4 is 9.47 Å². The maximum Gasteiger partial charge on any atom is 0.341 e. The second kappa shape index (κ2) is 8.49. The van der Waals surface area contributed by atoms with Crippen LogP contribution in [0.25, 0.3) is 0 Å². The fraction of sp³-hybridized carbons (Fsp3) is 0.217. The summed E-state index contributed by atoms with van der Waals surface area (Å²) in [5.74, 6) is 1.14. The lowest BCUT2D eigenvalue weighted by Crippen LogP contribution is -2.07. The molecule has 0 amide bonds. The van der Waals surface area contributed by atoms with Gasteiger partial charge in [-0.2, -0.15) is 0 Å². The van der Waals surface area contributed by atoms with Gasteiger partial charge in [0.2, 0.25) is 6.79 Å². The SMILES string of the molecule is CCOC(=O)c1c(N=Cc2ccccc2)sc(C)c1Cc1ccc2c(c1)OCO2. The average Bonchev–Trinajstić information content (AvgIpc) is 3.31. The van der Waals surface area contributed by atoms with Gasteiger partial charge in [-0.25, -0.2) is 9.79 Å². The summed E-state index contributed by atoms with van der Waals surface area (Å²) in [6, 6.07) is 15.7. The molecule has 1 aromatic heterocycles. The van der Waals surface area contributed by atoms with Crippen molar-refractivity contribution in [2.24, 2.45) is 4.99 Å². The third kappa shape index (κ3) is 4.17. The third-order valence-electron chi connectivity index (χ3n) is 4.62. The van der Waals surface area contributed by atoms with E-state index < -0.39 is 0 Å². The normalized spacial score (nSPS) is 12.5. The number of fused-ring (bicyclic) bond motifs is 1. The quantitative estimate of drug-likeness (QED) is 0.411. The molecule has 5 nitrogen and oxygen atoms in total. The number of benzene rings is 2. The Morgan fingerprint density at radius 2 is 1.97 bits per heavy atom. The molecular formula is C23H21NO4S. The van der Waals surface area contributed by atoms with E-state index >= 15 is 0 Å². The Bertz CT molecular complexity index is 1060. The van der Waals surface area contributed by atoms with Crippen molar-refractivity contribution in [2.45, 2.75) is 20.3 Å². The van der Waals surface area contributed by atoms with Crippen molar-refractivity contribution < 1.29 is 19.0 Å². The van der Waals surface area contributed by atoms with Gasteiger partial charge in [-0.15, -0.1) is 11.3 Å². The van der Waals surface area contributed by atoms with E-state index in [1.165, 1.54) is 11.3 Å². The summed E-state index contributed by atoms with van der Waals surface area (Å²) in [6.07, 6.45) is 2.37. The van der Waals surface area contributed by atoms with Crippen molar-refractivity contribution in [2.75, 3.05) is 13.4 Å². The van der Waals surface area contributed by atoms with Gasteiger partial charge >= 0.3 is 5.97 Å². The molecule has 0 saturated heterocycles. The molecule has 0 saturated carbocycles. The highest BCUT2D eigenvalue weighted by molar-refractivity contribution is 7.16. The van der Waals surface area contributed by atoms with E-state index in [-0.39, 0.29) is 12.8 Å². The minimum atomic E-state index is -0.340. The number of aliphatic imine (C=N–C) groups is 1. The monoisotopic (exact) mass is 407 g/mol. The van der Waals surface area contributed by atoms with Gasteiger partial charge in [-0.1, -0.05) is 36.4 Å². The number of thiophene rings is 1. The lowest BCUT2D eigenvalue weighted by Gasteiger charge is -2.07.